The molecule has 1 aromatic carbocycles. The second-order valence-electron chi connectivity index (χ2n) is 6.78. The zero-order chi connectivity index (χ0) is 21.3. The van der Waals surface area contributed by atoms with Crippen molar-refractivity contribution in [1.29, 1.82) is 0 Å². The minimum absolute atomic E-state index is 0.0847. The minimum Gasteiger partial charge on any atom is -0.387 e. The standard InChI is InChI=1S/C19H23N5O4S/c1-6-9-23-13(2)10-16(14(23)3)19(25)12-28-24-18-11-15(29(26,27)22(4)5)7-8-17(18)20-21-24/h6-8,10-11H,1,9,12H2,2-5H3. The van der Waals surface area contributed by atoms with Crippen LogP contribution in [-0.2, 0) is 16.6 Å². The summed E-state index contributed by atoms with van der Waals surface area (Å²) in [7, 11) is -0.716. The van der Waals surface area contributed by atoms with Crippen LogP contribution in [-0.4, -0.2) is 58.9 Å². The molecule has 0 N–H and O–H groups in total. The number of carbonyl (C=O) groups excluding carboxylic acids is 1. The van der Waals surface area contributed by atoms with E-state index in [0.29, 0.717) is 23.1 Å². The van der Waals surface area contributed by atoms with E-state index >= 15 is 0 Å². The van der Waals surface area contributed by atoms with Crippen molar-refractivity contribution in [1.82, 2.24) is 24.0 Å². The average molecular weight is 417 g/mol. The SMILES string of the molecule is C=CCn1c(C)cc(C(=O)COn2nnc3ccc(S(=O)(=O)N(C)C)cc32)c1C. The molecule has 0 aliphatic carbocycles. The van der Waals surface area contributed by atoms with Gasteiger partial charge in [0.15, 0.2) is 6.61 Å². The summed E-state index contributed by atoms with van der Waals surface area (Å²) in [6, 6.07) is 6.23. The Labute approximate surface area is 169 Å². The second kappa shape index (κ2) is 7.80. The van der Waals surface area contributed by atoms with E-state index in [-0.39, 0.29) is 17.3 Å². The van der Waals surface area contributed by atoms with E-state index < -0.39 is 10.0 Å². The quantitative estimate of drug-likeness (QED) is 0.408. The van der Waals surface area contributed by atoms with Gasteiger partial charge in [-0.3, -0.25) is 4.79 Å². The van der Waals surface area contributed by atoms with E-state index in [0.717, 1.165) is 20.5 Å². The van der Waals surface area contributed by atoms with Crippen LogP contribution in [0.25, 0.3) is 11.0 Å². The molecule has 0 atom stereocenters. The first-order chi connectivity index (χ1) is 13.7. The molecular formula is C19H23N5O4S. The highest BCUT2D eigenvalue weighted by atomic mass is 32.2. The third-order valence-corrected chi connectivity index (χ3v) is 6.48. The maximum atomic E-state index is 12.7. The Morgan fingerprint density at radius 1 is 1.28 bits per heavy atom. The zero-order valence-electron chi connectivity index (χ0n) is 16.8. The van der Waals surface area contributed by atoms with Crippen molar-refractivity contribution in [2.24, 2.45) is 0 Å². The first-order valence-electron chi connectivity index (χ1n) is 8.89. The summed E-state index contributed by atoms with van der Waals surface area (Å²) < 4.78 is 27.8. The number of nitrogens with zero attached hydrogens (tertiary/aromatic N) is 5. The minimum atomic E-state index is -3.62. The molecule has 9 nitrogen and oxygen atoms in total. The normalized spacial score (nSPS) is 11.9. The van der Waals surface area contributed by atoms with E-state index in [1.165, 1.54) is 26.2 Å². The van der Waals surface area contributed by atoms with Crippen LogP contribution < -0.4 is 4.84 Å². The van der Waals surface area contributed by atoms with Crippen molar-refractivity contribution in [3.05, 3.63) is 53.9 Å². The Morgan fingerprint density at radius 2 is 2.00 bits per heavy atom. The van der Waals surface area contributed by atoms with Crippen molar-refractivity contribution >= 4 is 26.8 Å². The molecule has 0 bridgehead atoms. The van der Waals surface area contributed by atoms with Gasteiger partial charge < -0.3 is 9.40 Å². The molecule has 0 aliphatic rings. The number of benzene rings is 1. The molecule has 0 aliphatic heterocycles. The van der Waals surface area contributed by atoms with Crippen molar-refractivity contribution in [3.8, 4) is 0 Å². The van der Waals surface area contributed by atoms with Gasteiger partial charge in [0.25, 0.3) is 0 Å². The number of ketones is 1. The Bertz CT molecular complexity index is 1190. The van der Waals surface area contributed by atoms with Gasteiger partial charge in [-0.25, -0.2) is 12.7 Å². The molecular weight excluding hydrogens is 394 g/mol. The lowest BCUT2D eigenvalue weighted by atomic mass is 10.2. The van der Waals surface area contributed by atoms with E-state index in [4.69, 9.17) is 4.84 Å². The Hall–Kier alpha value is -2.98. The molecule has 0 unspecified atom stereocenters. The molecule has 3 aromatic rings. The van der Waals surface area contributed by atoms with Crippen LogP contribution in [0.4, 0.5) is 0 Å². The lowest BCUT2D eigenvalue weighted by Crippen LogP contribution is -2.23. The molecule has 0 spiro atoms. The van der Waals surface area contributed by atoms with Gasteiger partial charge >= 0.3 is 0 Å². The number of hydrogen-bond donors (Lipinski definition) is 0. The predicted octanol–water partition coefficient (Wildman–Crippen LogP) is 1.60. The summed E-state index contributed by atoms with van der Waals surface area (Å²) in [5.41, 5.74) is 3.16. The van der Waals surface area contributed by atoms with Crippen LogP contribution in [0.15, 0.2) is 41.8 Å². The molecule has 0 radical (unpaired) electrons. The molecule has 3 rings (SSSR count). The van der Waals surface area contributed by atoms with Crippen LogP contribution >= 0.6 is 0 Å². The summed E-state index contributed by atoms with van der Waals surface area (Å²) in [6.45, 7) is 7.87. The number of sulfonamides is 1. The average Bonchev–Trinajstić information content (AvgIpc) is 3.21. The number of Topliss-reactive ketones (excluding diaryl/α,β-unsaturated/α-hetero) is 1. The lowest BCUT2D eigenvalue weighted by Gasteiger charge is -2.11. The van der Waals surface area contributed by atoms with E-state index in [2.05, 4.69) is 16.9 Å². The fraction of sp³-hybridized carbons (Fsp3) is 0.316. The smallest absolute Gasteiger partial charge is 0.242 e. The number of aryl methyl sites for hydroxylation is 1. The maximum Gasteiger partial charge on any atom is 0.242 e. The number of hydrogen-bond acceptors (Lipinski definition) is 6. The molecule has 154 valence electrons. The number of aromatic nitrogens is 4. The molecule has 0 fully saturated rings. The summed E-state index contributed by atoms with van der Waals surface area (Å²) in [5, 5.41) is 7.82. The topological polar surface area (TPSA) is 99.3 Å². The van der Waals surface area contributed by atoms with Crippen LogP contribution in [0.2, 0.25) is 0 Å². The number of fused-ring (bicyclic) bond motifs is 1. The molecule has 2 heterocycles. The van der Waals surface area contributed by atoms with Gasteiger partial charge in [0, 0.05) is 37.6 Å². The lowest BCUT2D eigenvalue weighted by molar-refractivity contribution is 0.0629. The van der Waals surface area contributed by atoms with Gasteiger partial charge in [-0.1, -0.05) is 10.9 Å². The highest BCUT2D eigenvalue weighted by Crippen LogP contribution is 2.19. The van der Waals surface area contributed by atoms with Crippen molar-refractivity contribution < 1.29 is 18.0 Å². The van der Waals surface area contributed by atoms with E-state index in [1.807, 2.05) is 24.5 Å². The molecule has 10 heteroatoms. The van der Waals surface area contributed by atoms with Gasteiger partial charge in [0.05, 0.1) is 4.90 Å². The monoisotopic (exact) mass is 417 g/mol. The predicted molar refractivity (Wildman–Crippen MR) is 108 cm³/mol. The largest absolute Gasteiger partial charge is 0.387 e. The third kappa shape index (κ3) is 3.81. The molecule has 0 amide bonds. The van der Waals surface area contributed by atoms with Crippen LogP contribution in [0.1, 0.15) is 21.7 Å². The summed E-state index contributed by atoms with van der Waals surface area (Å²) in [6.07, 6.45) is 1.77. The van der Waals surface area contributed by atoms with E-state index in [1.54, 1.807) is 12.1 Å². The first-order valence-corrected chi connectivity index (χ1v) is 10.3. The van der Waals surface area contributed by atoms with Gasteiger partial charge in [-0.05, 0) is 43.3 Å². The Morgan fingerprint density at radius 3 is 2.66 bits per heavy atom. The summed E-state index contributed by atoms with van der Waals surface area (Å²) in [4.78, 5) is 19.3. The molecule has 29 heavy (non-hydrogen) atoms. The van der Waals surface area contributed by atoms with Crippen LogP contribution in [0, 0.1) is 13.8 Å². The highest BCUT2D eigenvalue weighted by Gasteiger charge is 2.20. The summed E-state index contributed by atoms with van der Waals surface area (Å²) in [5.74, 6) is -0.214. The third-order valence-electron chi connectivity index (χ3n) is 4.67. The molecule has 2 aromatic heterocycles. The van der Waals surface area contributed by atoms with Crippen molar-refractivity contribution in [3.63, 3.8) is 0 Å². The number of carbonyl (C=O) groups is 1. The van der Waals surface area contributed by atoms with Crippen molar-refractivity contribution in [2.75, 3.05) is 20.7 Å². The van der Waals surface area contributed by atoms with Crippen molar-refractivity contribution in [2.45, 2.75) is 25.3 Å². The van der Waals surface area contributed by atoms with Crippen LogP contribution in [0.3, 0.4) is 0 Å². The zero-order valence-corrected chi connectivity index (χ0v) is 17.6. The van der Waals surface area contributed by atoms with Gasteiger partial charge in [0.1, 0.15) is 11.0 Å². The summed E-state index contributed by atoms with van der Waals surface area (Å²) >= 11 is 0. The maximum absolute atomic E-state index is 12.7. The Balaban J connectivity index is 1.85. The fourth-order valence-electron chi connectivity index (χ4n) is 3.04. The Kier molecular flexibility index (Phi) is 5.58. The van der Waals surface area contributed by atoms with Gasteiger partial charge in [-0.15, -0.1) is 11.7 Å². The number of allylic oxidation sites excluding steroid dienone is 1. The highest BCUT2D eigenvalue weighted by molar-refractivity contribution is 7.89. The van der Waals surface area contributed by atoms with E-state index in [9.17, 15) is 13.2 Å². The molecule has 0 saturated heterocycles. The second-order valence-corrected chi connectivity index (χ2v) is 8.93. The fourth-order valence-corrected chi connectivity index (χ4v) is 3.96. The molecule has 0 saturated carbocycles. The number of rotatable bonds is 8. The first kappa shape index (κ1) is 20.7. The van der Waals surface area contributed by atoms with Gasteiger partial charge in [-0.2, -0.15) is 0 Å². The van der Waals surface area contributed by atoms with Gasteiger partial charge in [0.2, 0.25) is 15.8 Å². The van der Waals surface area contributed by atoms with Crippen LogP contribution in [0.5, 0.6) is 0 Å².